The van der Waals surface area contributed by atoms with E-state index in [0.717, 1.165) is 11.4 Å². The molecule has 2 aliphatic rings. The Morgan fingerprint density at radius 2 is 0.746 bits per heavy atom. The van der Waals surface area contributed by atoms with E-state index in [1.54, 1.807) is 0 Å². The van der Waals surface area contributed by atoms with Crippen LogP contribution in [0.25, 0.3) is 85.9 Å². The third-order valence-corrected chi connectivity index (χ3v) is 15.2. The molecule has 0 saturated heterocycles. The second-order valence-corrected chi connectivity index (χ2v) is 18.1. The molecule has 1 heterocycles. The van der Waals surface area contributed by atoms with Gasteiger partial charge in [-0.25, -0.2) is 0 Å². The minimum Gasteiger partial charge on any atom is -0.309 e. The highest BCUT2D eigenvalue weighted by atomic mass is 32.1. The summed E-state index contributed by atoms with van der Waals surface area (Å²) in [6.45, 7) is 0. The van der Waals surface area contributed by atoms with Crippen LogP contribution in [0.15, 0.2) is 224 Å². The molecule has 0 saturated carbocycles. The highest BCUT2D eigenvalue weighted by Crippen LogP contribution is 2.65. The van der Waals surface area contributed by atoms with Gasteiger partial charge < -0.3 is 4.90 Å². The standard InChI is InChI=1S/C61H37NS/c1-2-19-41-39(17-1)40-18-3-4-20-42(40)51-37-38(35-36-43(41)51)62(55-31-13-8-24-47(55)48-26-16-34-58-59(48)50-25-9-14-33-57(50)63-58)56-32-15-27-49-46-23-7-12-30-54(46)61(60(49)56)52-28-10-5-21-44(52)45-22-6-11-29-53(45)61/h1-37H. The van der Waals surface area contributed by atoms with E-state index < -0.39 is 5.41 Å². The normalized spacial score (nSPS) is 13.2. The summed E-state index contributed by atoms with van der Waals surface area (Å²) in [6.07, 6.45) is 0. The minimum absolute atomic E-state index is 0.535. The summed E-state index contributed by atoms with van der Waals surface area (Å²) in [5.41, 5.74) is 15.8. The molecule has 0 unspecified atom stereocenters. The summed E-state index contributed by atoms with van der Waals surface area (Å²) in [5.74, 6) is 0. The molecule has 0 aliphatic heterocycles. The molecule has 1 aromatic heterocycles. The highest BCUT2D eigenvalue weighted by Gasteiger charge is 2.53. The van der Waals surface area contributed by atoms with Crippen LogP contribution in [0.4, 0.5) is 17.1 Å². The fourth-order valence-corrected chi connectivity index (χ4v) is 12.8. The molecule has 2 heteroatoms. The maximum absolute atomic E-state index is 2.60. The maximum Gasteiger partial charge on any atom is 0.0746 e. The molecule has 0 atom stereocenters. The van der Waals surface area contributed by atoms with Gasteiger partial charge in [-0.1, -0.05) is 188 Å². The van der Waals surface area contributed by atoms with Gasteiger partial charge in [-0.3, -0.25) is 0 Å². The fourth-order valence-electron chi connectivity index (χ4n) is 11.7. The molecule has 0 radical (unpaired) electrons. The smallest absolute Gasteiger partial charge is 0.0746 e. The SMILES string of the molecule is c1ccc(N(c2ccc3c4ccccc4c4ccccc4c3c2)c2cccc3c2C2(c4ccccc4-c4ccccc42)c2ccccc2-3)c(-c2cccc3sc4ccccc4c23)c1. The van der Waals surface area contributed by atoms with Crippen molar-refractivity contribution >= 4 is 80.9 Å². The van der Waals surface area contributed by atoms with E-state index in [1.807, 2.05) is 11.3 Å². The second kappa shape index (κ2) is 13.1. The Hall–Kier alpha value is -7.78. The van der Waals surface area contributed by atoms with Crippen molar-refractivity contribution in [1.82, 2.24) is 0 Å². The first-order valence-electron chi connectivity index (χ1n) is 21.8. The number of thiophene rings is 1. The molecule has 1 nitrogen and oxygen atoms in total. The molecule has 292 valence electrons. The van der Waals surface area contributed by atoms with Crippen LogP contribution >= 0.6 is 11.3 Å². The largest absolute Gasteiger partial charge is 0.309 e. The summed E-state index contributed by atoms with van der Waals surface area (Å²) < 4.78 is 2.61. The zero-order valence-electron chi connectivity index (χ0n) is 34.2. The number of fused-ring (bicyclic) bond motifs is 19. The first-order valence-corrected chi connectivity index (χ1v) is 22.7. The Bertz CT molecular complexity index is 3790. The van der Waals surface area contributed by atoms with Crippen molar-refractivity contribution in [1.29, 1.82) is 0 Å². The quantitative estimate of drug-likeness (QED) is 0.160. The van der Waals surface area contributed by atoms with Crippen LogP contribution in [0, 0.1) is 0 Å². The van der Waals surface area contributed by atoms with Crippen molar-refractivity contribution < 1.29 is 0 Å². The molecular formula is C61H37NS. The Labute approximate surface area is 369 Å². The summed E-state index contributed by atoms with van der Waals surface area (Å²) in [5, 5.41) is 10.2. The Morgan fingerprint density at radius 1 is 0.302 bits per heavy atom. The van der Waals surface area contributed by atoms with Crippen molar-refractivity contribution in [3.05, 3.63) is 247 Å². The summed E-state index contributed by atoms with van der Waals surface area (Å²) >= 11 is 1.88. The molecule has 11 aromatic carbocycles. The van der Waals surface area contributed by atoms with Gasteiger partial charge in [0, 0.05) is 37.0 Å². The third kappa shape index (κ3) is 4.66. The van der Waals surface area contributed by atoms with Crippen molar-refractivity contribution in [2.75, 3.05) is 4.90 Å². The van der Waals surface area contributed by atoms with Gasteiger partial charge in [-0.05, 0) is 113 Å². The van der Waals surface area contributed by atoms with Crippen molar-refractivity contribution in [2.24, 2.45) is 0 Å². The number of rotatable bonds is 4. The highest BCUT2D eigenvalue weighted by molar-refractivity contribution is 7.25. The summed E-state index contributed by atoms with van der Waals surface area (Å²) in [7, 11) is 0. The molecule has 0 amide bonds. The van der Waals surface area contributed by atoms with Crippen LogP contribution in [0.1, 0.15) is 22.3 Å². The van der Waals surface area contributed by atoms with Gasteiger partial charge in [0.25, 0.3) is 0 Å². The zero-order valence-corrected chi connectivity index (χ0v) is 35.0. The van der Waals surface area contributed by atoms with E-state index in [4.69, 9.17) is 0 Å². The average Bonchev–Trinajstić information content (AvgIpc) is 3.99. The Kier molecular flexibility index (Phi) is 7.26. The number of para-hydroxylation sites is 1. The topological polar surface area (TPSA) is 3.24 Å². The molecule has 0 N–H and O–H groups in total. The van der Waals surface area contributed by atoms with Crippen LogP contribution in [0.3, 0.4) is 0 Å². The van der Waals surface area contributed by atoms with E-state index in [1.165, 1.54) is 114 Å². The van der Waals surface area contributed by atoms with Gasteiger partial charge in [0.15, 0.2) is 0 Å². The number of nitrogens with zero attached hydrogens (tertiary/aromatic N) is 1. The Balaban J connectivity index is 1.13. The monoisotopic (exact) mass is 815 g/mol. The summed E-state index contributed by atoms with van der Waals surface area (Å²) in [6, 6.07) is 84.3. The van der Waals surface area contributed by atoms with E-state index >= 15 is 0 Å². The number of benzene rings is 11. The van der Waals surface area contributed by atoms with E-state index in [0.29, 0.717) is 0 Å². The van der Waals surface area contributed by atoms with Gasteiger partial charge >= 0.3 is 0 Å². The number of hydrogen-bond acceptors (Lipinski definition) is 2. The lowest BCUT2D eigenvalue weighted by Gasteiger charge is -2.36. The first kappa shape index (κ1) is 34.9. The summed E-state index contributed by atoms with van der Waals surface area (Å²) in [4.78, 5) is 2.60. The van der Waals surface area contributed by atoms with Crippen LogP contribution in [-0.4, -0.2) is 0 Å². The molecule has 12 aromatic rings. The molecule has 0 fully saturated rings. The first-order chi connectivity index (χ1) is 31.3. The predicted octanol–water partition coefficient (Wildman–Crippen LogP) is 17.0. The lowest BCUT2D eigenvalue weighted by Crippen LogP contribution is -2.28. The van der Waals surface area contributed by atoms with Crippen LogP contribution in [0.5, 0.6) is 0 Å². The van der Waals surface area contributed by atoms with Gasteiger partial charge in [-0.15, -0.1) is 11.3 Å². The molecule has 14 rings (SSSR count). The zero-order chi connectivity index (χ0) is 41.2. The number of hydrogen-bond donors (Lipinski definition) is 0. The minimum atomic E-state index is -0.535. The predicted molar refractivity (Wildman–Crippen MR) is 268 cm³/mol. The maximum atomic E-state index is 2.60. The van der Waals surface area contributed by atoms with Gasteiger partial charge in [0.1, 0.15) is 0 Å². The van der Waals surface area contributed by atoms with Crippen molar-refractivity contribution in [2.45, 2.75) is 5.41 Å². The lowest BCUT2D eigenvalue weighted by molar-refractivity contribution is 0.793. The molecule has 1 spiro atoms. The molecule has 63 heavy (non-hydrogen) atoms. The van der Waals surface area contributed by atoms with Crippen LogP contribution in [-0.2, 0) is 5.41 Å². The number of anilines is 3. The molecule has 2 aliphatic carbocycles. The van der Waals surface area contributed by atoms with E-state index in [-0.39, 0.29) is 0 Å². The van der Waals surface area contributed by atoms with Crippen molar-refractivity contribution in [3.63, 3.8) is 0 Å². The Morgan fingerprint density at radius 3 is 1.41 bits per heavy atom. The third-order valence-electron chi connectivity index (χ3n) is 14.1. The van der Waals surface area contributed by atoms with Crippen LogP contribution < -0.4 is 4.90 Å². The molecule has 0 bridgehead atoms. The second-order valence-electron chi connectivity index (χ2n) is 17.0. The van der Waals surface area contributed by atoms with Gasteiger partial charge in [-0.2, -0.15) is 0 Å². The lowest BCUT2D eigenvalue weighted by atomic mass is 9.70. The van der Waals surface area contributed by atoms with Gasteiger partial charge in [0.05, 0.1) is 16.8 Å². The fraction of sp³-hybridized carbons (Fsp3) is 0.0164. The van der Waals surface area contributed by atoms with E-state index in [9.17, 15) is 0 Å². The van der Waals surface area contributed by atoms with E-state index in [2.05, 4.69) is 229 Å². The van der Waals surface area contributed by atoms with Crippen LogP contribution in [0.2, 0.25) is 0 Å². The van der Waals surface area contributed by atoms with Crippen molar-refractivity contribution in [3.8, 4) is 33.4 Å². The molecular weight excluding hydrogens is 779 g/mol. The average molecular weight is 816 g/mol. The van der Waals surface area contributed by atoms with Gasteiger partial charge in [0.2, 0.25) is 0 Å².